The number of aromatic carboxylic acids is 1. The van der Waals surface area contributed by atoms with Crippen LogP contribution in [0.4, 0.5) is 5.69 Å². The molecule has 0 spiro atoms. The largest absolute Gasteiger partial charge is 0.478 e. The number of rotatable bonds is 5. The van der Waals surface area contributed by atoms with Crippen molar-refractivity contribution in [3.63, 3.8) is 0 Å². The number of hydrogen-bond acceptors (Lipinski definition) is 3. The molecule has 1 aliphatic rings. The fraction of sp³-hybridized carbons (Fsp3) is 0.120. The molecule has 3 aromatic rings. The molecule has 0 saturated carbocycles. The Kier molecular flexibility index (Phi) is 9.81. The van der Waals surface area contributed by atoms with Crippen LogP contribution in [-0.4, -0.2) is 29.9 Å². The van der Waals surface area contributed by atoms with E-state index in [2.05, 4.69) is 17.0 Å². The minimum atomic E-state index is -0.918. The Morgan fingerprint density at radius 1 is 0.970 bits per heavy atom. The van der Waals surface area contributed by atoms with E-state index >= 15 is 0 Å². The number of anilines is 1. The number of benzene rings is 3. The fourth-order valence-electron chi connectivity index (χ4n) is 3.53. The van der Waals surface area contributed by atoms with Crippen LogP contribution in [0.3, 0.4) is 0 Å². The summed E-state index contributed by atoms with van der Waals surface area (Å²) >= 11 is 12.1. The number of allylic oxidation sites excluding steroid dienone is 1. The first kappa shape index (κ1) is 26.7. The number of hydrogen-bond donors (Lipinski definition) is 1. The van der Waals surface area contributed by atoms with E-state index in [1.54, 1.807) is 18.2 Å². The second kappa shape index (κ2) is 12.1. The smallest absolute Gasteiger partial charge is 0.335 e. The minimum absolute atomic E-state index is 0. The number of halogens is 4. The van der Waals surface area contributed by atoms with E-state index in [1.165, 1.54) is 0 Å². The van der Waals surface area contributed by atoms with E-state index < -0.39 is 5.97 Å². The Hall–Kier alpha value is -2.50. The van der Waals surface area contributed by atoms with Crippen molar-refractivity contribution in [2.24, 2.45) is 4.99 Å². The van der Waals surface area contributed by atoms with Gasteiger partial charge in [-0.15, -0.1) is 24.8 Å². The Labute approximate surface area is 215 Å². The third kappa shape index (κ3) is 6.52. The topological polar surface area (TPSA) is 52.9 Å². The molecule has 0 amide bonds. The molecule has 8 heteroatoms. The summed E-state index contributed by atoms with van der Waals surface area (Å²) in [6.45, 7) is 2.10. The minimum Gasteiger partial charge on any atom is -0.478 e. The Morgan fingerprint density at radius 3 is 2.39 bits per heavy atom. The lowest BCUT2D eigenvalue weighted by Crippen LogP contribution is -2.25. The number of carbonyl (C=O) groups is 1. The van der Waals surface area contributed by atoms with E-state index in [9.17, 15) is 4.79 Å². The second-order valence-corrected chi connectivity index (χ2v) is 8.03. The Balaban J connectivity index is 0.00000193. The van der Waals surface area contributed by atoms with E-state index in [4.69, 9.17) is 33.3 Å². The van der Waals surface area contributed by atoms with Crippen LogP contribution in [-0.2, 0) is 6.54 Å². The highest BCUT2D eigenvalue weighted by Gasteiger charge is 2.17. The molecular weight excluding hydrogens is 502 g/mol. The molecule has 3 aromatic carbocycles. The van der Waals surface area contributed by atoms with Gasteiger partial charge >= 0.3 is 5.97 Å². The van der Waals surface area contributed by atoms with E-state index in [0.29, 0.717) is 23.1 Å². The van der Waals surface area contributed by atoms with Crippen LogP contribution in [0, 0.1) is 0 Å². The van der Waals surface area contributed by atoms with Crippen LogP contribution < -0.4 is 4.90 Å². The molecule has 0 atom stereocenters. The zero-order valence-electron chi connectivity index (χ0n) is 17.4. The van der Waals surface area contributed by atoms with Crippen LogP contribution in [0.25, 0.3) is 6.08 Å². The zero-order valence-corrected chi connectivity index (χ0v) is 20.6. The molecule has 172 valence electrons. The number of nitrogens with zero attached hydrogens (tertiary/aromatic N) is 2. The van der Waals surface area contributed by atoms with Gasteiger partial charge in [0.2, 0.25) is 0 Å². The standard InChI is InChI=1S/C25H20Cl2N2O2.2ClH/c26-21-11-7-17(15-22(21)27)8-12-23-20-3-1-2-4-24(20)29(14-13-28-23)16-18-5-9-19(10-6-18)25(30)31;;/h1-12,15H,13-14,16H2,(H,30,31);2*1H/b12-8+;;. The third-order valence-electron chi connectivity index (χ3n) is 5.12. The van der Waals surface area contributed by atoms with Gasteiger partial charge in [-0.05, 0) is 47.5 Å². The van der Waals surface area contributed by atoms with Gasteiger partial charge in [0.15, 0.2) is 0 Å². The first-order chi connectivity index (χ1) is 15.0. The number of para-hydroxylation sites is 1. The molecule has 0 bridgehead atoms. The van der Waals surface area contributed by atoms with Gasteiger partial charge in [-0.1, -0.05) is 65.7 Å². The number of carboxylic acids is 1. The number of benzodiazepines with no additional fused rings is 1. The third-order valence-corrected chi connectivity index (χ3v) is 5.86. The maximum Gasteiger partial charge on any atom is 0.335 e. The first-order valence-corrected chi connectivity index (χ1v) is 10.6. The van der Waals surface area contributed by atoms with Gasteiger partial charge in [-0.25, -0.2) is 4.79 Å². The van der Waals surface area contributed by atoms with Gasteiger partial charge in [0, 0.05) is 24.3 Å². The van der Waals surface area contributed by atoms with Crippen LogP contribution in [0.1, 0.15) is 27.0 Å². The summed E-state index contributed by atoms with van der Waals surface area (Å²) < 4.78 is 0. The van der Waals surface area contributed by atoms with Crippen molar-refractivity contribution in [1.82, 2.24) is 0 Å². The summed E-state index contributed by atoms with van der Waals surface area (Å²) in [4.78, 5) is 18.2. The lowest BCUT2D eigenvalue weighted by atomic mass is 10.0. The number of aliphatic imine (C=N–C) groups is 1. The summed E-state index contributed by atoms with van der Waals surface area (Å²) in [5.41, 5.74) is 5.35. The fourth-order valence-corrected chi connectivity index (χ4v) is 3.84. The van der Waals surface area contributed by atoms with Crippen molar-refractivity contribution < 1.29 is 9.90 Å². The molecule has 4 nitrogen and oxygen atoms in total. The molecule has 0 unspecified atom stereocenters. The predicted octanol–water partition coefficient (Wildman–Crippen LogP) is 7.06. The highest BCUT2D eigenvalue weighted by molar-refractivity contribution is 6.42. The van der Waals surface area contributed by atoms with E-state index in [1.807, 2.05) is 48.6 Å². The van der Waals surface area contributed by atoms with Crippen molar-refractivity contribution in [3.05, 3.63) is 105 Å². The van der Waals surface area contributed by atoms with Gasteiger partial charge in [-0.2, -0.15) is 0 Å². The highest BCUT2D eigenvalue weighted by Crippen LogP contribution is 2.27. The highest BCUT2D eigenvalue weighted by atomic mass is 35.5. The molecule has 1 heterocycles. The summed E-state index contributed by atoms with van der Waals surface area (Å²) in [6, 6.07) is 20.7. The lowest BCUT2D eigenvalue weighted by Gasteiger charge is -2.25. The normalized spacial score (nSPS) is 12.8. The van der Waals surface area contributed by atoms with Gasteiger partial charge in [0.25, 0.3) is 0 Å². The van der Waals surface area contributed by atoms with Crippen molar-refractivity contribution in [2.75, 3.05) is 18.0 Å². The molecule has 33 heavy (non-hydrogen) atoms. The van der Waals surface area contributed by atoms with E-state index in [-0.39, 0.29) is 30.4 Å². The van der Waals surface area contributed by atoms with Gasteiger partial charge in [0.1, 0.15) is 0 Å². The molecule has 1 aliphatic heterocycles. The van der Waals surface area contributed by atoms with Crippen LogP contribution in [0.5, 0.6) is 0 Å². The zero-order chi connectivity index (χ0) is 21.8. The molecule has 0 radical (unpaired) electrons. The first-order valence-electron chi connectivity index (χ1n) is 9.85. The monoisotopic (exact) mass is 522 g/mol. The SMILES string of the molecule is Cl.Cl.O=C(O)c1ccc(CN2CCN=C(/C=C/c3ccc(Cl)c(Cl)c3)c3ccccc32)cc1. The summed E-state index contributed by atoms with van der Waals surface area (Å²) in [7, 11) is 0. The molecule has 0 aliphatic carbocycles. The predicted molar refractivity (Wildman–Crippen MR) is 142 cm³/mol. The quantitative estimate of drug-likeness (QED) is 0.389. The van der Waals surface area contributed by atoms with Crippen LogP contribution in [0.15, 0.2) is 77.8 Å². The molecule has 0 saturated heterocycles. The van der Waals surface area contributed by atoms with E-state index in [0.717, 1.165) is 34.6 Å². The van der Waals surface area contributed by atoms with Gasteiger partial charge in [-0.3, -0.25) is 4.99 Å². The molecule has 0 aromatic heterocycles. The molecular formula is C25H22Cl4N2O2. The number of fused-ring (bicyclic) bond motifs is 1. The molecule has 4 rings (SSSR count). The summed E-state index contributed by atoms with van der Waals surface area (Å²) in [6.07, 6.45) is 3.99. The number of carboxylic acid groups (broad SMARTS) is 1. The van der Waals surface area contributed by atoms with Gasteiger partial charge in [0.05, 0.1) is 27.9 Å². The second-order valence-electron chi connectivity index (χ2n) is 7.21. The summed E-state index contributed by atoms with van der Waals surface area (Å²) in [5.74, 6) is -0.918. The maximum atomic E-state index is 11.1. The molecule has 0 fully saturated rings. The van der Waals surface area contributed by atoms with Crippen LogP contribution in [0.2, 0.25) is 10.0 Å². The van der Waals surface area contributed by atoms with Crippen molar-refractivity contribution in [1.29, 1.82) is 0 Å². The average molecular weight is 524 g/mol. The Morgan fingerprint density at radius 2 is 1.70 bits per heavy atom. The molecule has 1 N–H and O–H groups in total. The van der Waals surface area contributed by atoms with Gasteiger partial charge < -0.3 is 10.0 Å². The van der Waals surface area contributed by atoms with Crippen molar-refractivity contribution in [3.8, 4) is 0 Å². The van der Waals surface area contributed by atoms with Crippen molar-refractivity contribution in [2.45, 2.75) is 6.54 Å². The lowest BCUT2D eigenvalue weighted by molar-refractivity contribution is 0.0697. The Bertz CT molecular complexity index is 1180. The maximum absolute atomic E-state index is 11.1. The van der Waals surface area contributed by atoms with Crippen LogP contribution >= 0.6 is 48.0 Å². The van der Waals surface area contributed by atoms with Crippen molar-refractivity contribution >= 4 is 71.5 Å². The average Bonchev–Trinajstić information content (AvgIpc) is 2.94. The summed E-state index contributed by atoms with van der Waals surface area (Å²) in [5, 5.41) is 10.2.